The molecule has 1 aromatic heterocycles. The molecule has 31 heavy (non-hydrogen) atoms. The van der Waals surface area contributed by atoms with E-state index in [9.17, 15) is 18.0 Å². The van der Waals surface area contributed by atoms with Crippen molar-refractivity contribution in [3.63, 3.8) is 0 Å². The minimum atomic E-state index is -4.36. The van der Waals surface area contributed by atoms with Crippen LogP contribution in [0.5, 0.6) is 0 Å². The summed E-state index contributed by atoms with van der Waals surface area (Å²) in [6.45, 7) is 0.318. The highest BCUT2D eigenvalue weighted by Gasteiger charge is 2.29. The molecule has 1 amide bonds. The molecule has 3 rings (SSSR count). The highest BCUT2D eigenvalue weighted by atomic mass is 19.4. The maximum Gasteiger partial charge on any atom is 0.416 e. The van der Waals surface area contributed by atoms with E-state index in [1.54, 1.807) is 7.11 Å². The maximum absolute atomic E-state index is 12.6. The van der Waals surface area contributed by atoms with Crippen molar-refractivity contribution in [2.24, 2.45) is 0 Å². The number of rotatable bonds is 9. The number of hydrogen-bond acceptors (Lipinski definition) is 5. The minimum absolute atomic E-state index is 0.150. The largest absolute Gasteiger partial charge is 0.422 e. The Balaban J connectivity index is 1.44. The van der Waals surface area contributed by atoms with E-state index in [2.05, 4.69) is 15.5 Å². The fourth-order valence-electron chi connectivity index (χ4n) is 3.00. The van der Waals surface area contributed by atoms with Crippen LogP contribution in [0.4, 0.5) is 13.2 Å². The molecule has 0 aliphatic heterocycles. The van der Waals surface area contributed by atoms with E-state index < -0.39 is 17.8 Å². The first-order valence-electron chi connectivity index (χ1n) is 9.69. The van der Waals surface area contributed by atoms with Gasteiger partial charge in [0.05, 0.1) is 5.56 Å². The van der Waals surface area contributed by atoms with E-state index in [-0.39, 0.29) is 18.7 Å². The SMILES string of the molecule is CO[C@H](c1ccccc1)c1nnc(CCC(=O)NCCc2ccc(C(F)(F)F)cc2)o1. The summed E-state index contributed by atoms with van der Waals surface area (Å²) in [6, 6.07) is 14.3. The van der Waals surface area contributed by atoms with Crippen LogP contribution in [0.1, 0.15) is 41.0 Å². The monoisotopic (exact) mass is 433 g/mol. The van der Waals surface area contributed by atoms with Crippen LogP contribution in [0, 0.1) is 0 Å². The molecule has 2 aromatic carbocycles. The van der Waals surface area contributed by atoms with Gasteiger partial charge in [-0.3, -0.25) is 4.79 Å². The molecule has 0 bridgehead atoms. The molecule has 1 atom stereocenters. The van der Waals surface area contributed by atoms with E-state index in [4.69, 9.17) is 9.15 Å². The first-order chi connectivity index (χ1) is 14.9. The van der Waals surface area contributed by atoms with Crippen molar-refractivity contribution in [2.75, 3.05) is 13.7 Å². The number of nitrogens with zero attached hydrogens (tertiary/aromatic N) is 2. The van der Waals surface area contributed by atoms with Crippen LogP contribution in [0.15, 0.2) is 59.0 Å². The Morgan fingerprint density at radius 1 is 1.06 bits per heavy atom. The number of aromatic nitrogens is 2. The second kappa shape index (κ2) is 10.2. The first kappa shape index (κ1) is 22.5. The number of aryl methyl sites for hydroxylation is 1. The number of benzene rings is 2. The van der Waals surface area contributed by atoms with Gasteiger partial charge in [-0.1, -0.05) is 42.5 Å². The van der Waals surface area contributed by atoms with Gasteiger partial charge >= 0.3 is 6.18 Å². The minimum Gasteiger partial charge on any atom is -0.422 e. The normalized spacial score (nSPS) is 12.5. The zero-order valence-electron chi connectivity index (χ0n) is 16.9. The summed E-state index contributed by atoms with van der Waals surface area (Å²) >= 11 is 0. The van der Waals surface area contributed by atoms with Crippen LogP contribution in [0.2, 0.25) is 0 Å². The molecule has 0 saturated heterocycles. The Hall–Kier alpha value is -3.20. The summed E-state index contributed by atoms with van der Waals surface area (Å²) in [5, 5.41) is 10.7. The molecule has 0 radical (unpaired) electrons. The smallest absolute Gasteiger partial charge is 0.416 e. The van der Waals surface area contributed by atoms with E-state index >= 15 is 0 Å². The zero-order valence-corrected chi connectivity index (χ0v) is 16.9. The number of ether oxygens (including phenoxy) is 1. The standard InChI is InChI=1S/C22H22F3N3O3/c1-30-20(16-5-3-2-4-6-16)21-28-27-19(31-21)12-11-18(29)26-14-13-15-7-9-17(10-8-15)22(23,24)25/h2-10,20H,11-14H2,1H3,(H,26,29)/t20-/m1/s1. The highest BCUT2D eigenvalue weighted by molar-refractivity contribution is 5.76. The number of amides is 1. The molecule has 1 N–H and O–H groups in total. The molecule has 0 fully saturated rings. The number of nitrogens with one attached hydrogen (secondary N) is 1. The van der Waals surface area contributed by atoms with Crippen molar-refractivity contribution in [1.29, 1.82) is 0 Å². The maximum atomic E-state index is 12.6. The van der Waals surface area contributed by atoms with Crippen molar-refractivity contribution in [3.8, 4) is 0 Å². The molecule has 0 aliphatic rings. The number of alkyl halides is 3. The molecule has 0 aliphatic carbocycles. The topological polar surface area (TPSA) is 77.2 Å². The molecular formula is C22H22F3N3O3. The lowest BCUT2D eigenvalue weighted by molar-refractivity contribution is -0.137. The average Bonchev–Trinajstić information content (AvgIpc) is 3.22. The van der Waals surface area contributed by atoms with Crippen molar-refractivity contribution < 1.29 is 27.1 Å². The van der Waals surface area contributed by atoms with Crippen LogP contribution in [-0.2, 0) is 28.5 Å². The Kier molecular flexibility index (Phi) is 7.41. The third kappa shape index (κ3) is 6.39. The summed E-state index contributed by atoms with van der Waals surface area (Å²) in [6.07, 6.45) is -3.99. The Morgan fingerprint density at radius 3 is 2.42 bits per heavy atom. The lowest BCUT2D eigenvalue weighted by atomic mass is 10.1. The second-order valence-corrected chi connectivity index (χ2v) is 6.86. The van der Waals surface area contributed by atoms with Crippen molar-refractivity contribution in [1.82, 2.24) is 15.5 Å². The average molecular weight is 433 g/mol. The number of carbonyl (C=O) groups is 1. The molecule has 0 saturated carbocycles. The van der Waals surface area contributed by atoms with Crippen LogP contribution in [0.3, 0.4) is 0 Å². The van der Waals surface area contributed by atoms with Gasteiger partial charge in [0.25, 0.3) is 0 Å². The first-order valence-corrected chi connectivity index (χ1v) is 9.69. The molecule has 9 heteroatoms. The quantitative estimate of drug-likeness (QED) is 0.550. The Morgan fingerprint density at radius 2 is 1.77 bits per heavy atom. The van der Waals surface area contributed by atoms with Crippen molar-refractivity contribution >= 4 is 5.91 Å². The van der Waals surface area contributed by atoms with Gasteiger partial charge in [0.1, 0.15) is 0 Å². The fourth-order valence-corrected chi connectivity index (χ4v) is 3.00. The van der Waals surface area contributed by atoms with Crippen LogP contribution >= 0.6 is 0 Å². The Labute approximate surface area is 177 Å². The van der Waals surface area contributed by atoms with Crippen molar-refractivity contribution in [3.05, 3.63) is 83.1 Å². The van der Waals surface area contributed by atoms with Gasteiger partial charge in [-0.25, -0.2) is 0 Å². The molecule has 0 spiro atoms. The van der Waals surface area contributed by atoms with Gasteiger partial charge in [-0.15, -0.1) is 10.2 Å². The predicted molar refractivity (Wildman–Crippen MR) is 106 cm³/mol. The van der Waals surface area contributed by atoms with E-state index in [1.807, 2.05) is 30.3 Å². The number of methoxy groups -OCH3 is 1. The molecule has 3 aromatic rings. The predicted octanol–water partition coefficient (Wildman–Crippen LogP) is 4.12. The molecule has 6 nitrogen and oxygen atoms in total. The molecule has 1 heterocycles. The molecular weight excluding hydrogens is 411 g/mol. The lowest BCUT2D eigenvalue weighted by Gasteiger charge is -2.10. The van der Waals surface area contributed by atoms with Crippen LogP contribution in [0.25, 0.3) is 0 Å². The number of carbonyl (C=O) groups excluding carboxylic acids is 1. The molecule has 0 unspecified atom stereocenters. The van der Waals surface area contributed by atoms with E-state index in [0.29, 0.717) is 30.3 Å². The van der Waals surface area contributed by atoms with Crippen molar-refractivity contribution in [2.45, 2.75) is 31.5 Å². The van der Waals surface area contributed by atoms with Gasteiger partial charge in [-0.2, -0.15) is 13.2 Å². The van der Waals surface area contributed by atoms with Gasteiger partial charge in [0, 0.05) is 26.5 Å². The fraction of sp³-hybridized carbons (Fsp3) is 0.318. The summed E-state index contributed by atoms with van der Waals surface area (Å²) in [7, 11) is 1.55. The van der Waals surface area contributed by atoms with Gasteiger partial charge < -0.3 is 14.5 Å². The van der Waals surface area contributed by atoms with Gasteiger partial charge in [0.2, 0.25) is 17.7 Å². The van der Waals surface area contributed by atoms with Crippen LogP contribution < -0.4 is 5.32 Å². The zero-order chi connectivity index (χ0) is 22.3. The van der Waals surface area contributed by atoms with Crippen LogP contribution in [-0.4, -0.2) is 29.8 Å². The van der Waals surface area contributed by atoms with Gasteiger partial charge in [0.15, 0.2) is 6.10 Å². The summed E-state index contributed by atoms with van der Waals surface area (Å²) in [4.78, 5) is 12.0. The number of hydrogen-bond donors (Lipinski definition) is 1. The van der Waals surface area contributed by atoms with E-state index in [0.717, 1.165) is 17.7 Å². The van der Waals surface area contributed by atoms with E-state index in [1.165, 1.54) is 12.1 Å². The Bertz CT molecular complexity index is 973. The number of halogens is 3. The molecule has 164 valence electrons. The third-order valence-electron chi connectivity index (χ3n) is 4.63. The second-order valence-electron chi connectivity index (χ2n) is 6.86. The summed E-state index contributed by atoms with van der Waals surface area (Å²) < 4.78 is 48.8. The van der Waals surface area contributed by atoms with Gasteiger partial charge in [-0.05, 0) is 29.7 Å². The lowest BCUT2D eigenvalue weighted by Crippen LogP contribution is -2.25. The highest BCUT2D eigenvalue weighted by Crippen LogP contribution is 2.29. The summed E-state index contributed by atoms with van der Waals surface area (Å²) in [5.41, 5.74) is 0.893. The third-order valence-corrected chi connectivity index (χ3v) is 4.63. The summed E-state index contributed by atoms with van der Waals surface area (Å²) in [5.74, 6) is 0.426.